The number of amides is 3. The van der Waals surface area contributed by atoms with Crippen molar-refractivity contribution in [3.8, 4) is 5.75 Å². The van der Waals surface area contributed by atoms with Gasteiger partial charge in [-0.25, -0.2) is 4.79 Å². The summed E-state index contributed by atoms with van der Waals surface area (Å²) in [7, 11) is 1.64. The van der Waals surface area contributed by atoms with Crippen LogP contribution in [0.5, 0.6) is 5.75 Å². The molecule has 37 heavy (non-hydrogen) atoms. The second kappa shape index (κ2) is 9.26. The summed E-state index contributed by atoms with van der Waals surface area (Å²) in [5, 5.41) is 6.33. The Morgan fingerprint density at radius 3 is 2.46 bits per heavy atom. The van der Waals surface area contributed by atoms with Gasteiger partial charge in [0.25, 0.3) is 0 Å². The van der Waals surface area contributed by atoms with Crippen LogP contribution in [0.15, 0.2) is 30.3 Å². The van der Waals surface area contributed by atoms with E-state index >= 15 is 0 Å². The Morgan fingerprint density at radius 2 is 1.78 bits per heavy atom. The molecule has 3 fully saturated rings. The van der Waals surface area contributed by atoms with Crippen LogP contribution in [0.25, 0.3) is 0 Å². The van der Waals surface area contributed by atoms with Crippen molar-refractivity contribution in [3.63, 3.8) is 0 Å². The molecule has 7 heteroatoms. The Morgan fingerprint density at radius 1 is 1.05 bits per heavy atom. The molecule has 2 aliphatic heterocycles. The minimum Gasteiger partial charge on any atom is -0.496 e. The highest BCUT2D eigenvalue weighted by atomic mass is 16.5. The number of urea groups is 1. The topological polar surface area (TPSA) is 73.9 Å². The zero-order valence-electron chi connectivity index (χ0n) is 22.2. The number of nitrogens with one attached hydrogen (secondary N) is 2. The fraction of sp³-hybridized carbons (Fsp3) is 0.533. The van der Waals surface area contributed by atoms with E-state index in [1.807, 2.05) is 30.0 Å². The molecular weight excluding hydrogens is 464 g/mol. The molecule has 2 heterocycles. The lowest BCUT2D eigenvalue weighted by Crippen LogP contribution is -2.60. The number of methoxy groups -OCH3 is 1. The minimum absolute atomic E-state index is 0.00196. The molecule has 2 aromatic carbocycles. The number of hydrogen-bond donors (Lipinski definition) is 2. The smallest absolute Gasteiger partial charge is 0.322 e. The molecule has 4 aliphatic rings. The molecule has 0 radical (unpaired) electrons. The lowest BCUT2D eigenvalue weighted by Gasteiger charge is -2.57. The van der Waals surface area contributed by atoms with E-state index in [1.165, 1.54) is 36.1 Å². The number of anilines is 3. The average Bonchev–Trinajstić information content (AvgIpc) is 2.84. The molecule has 6 rings (SSSR count). The summed E-state index contributed by atoms with van der Waals surface area (Å²) < 4.78 is 5.39. The van der Waals surface area contributed by atoms with E-state index in [2.05, 4.69) is 34.6 Å². The molecule has 2 saturated carbocycles. The van der Waals surface area contributed by atoms with E-state index < -0.39 is 0 Å². The summed E-state index contributed by atoms with van der Waals surface area (Å²) in [5.74, 6) is 0.785. The standard InChI is InChI=1S/C30H38N4O3/c1-19-6-12-25(33-17-30(18-33)13-4-14-30)27-24(19)16-34(29(36)32-27)23-10-7-21(8-11-23)28(35)31-22-9-5-20(2)26(15-22)37-3/h5-6,9,12,15,21,23H,4,7-8,10-11,13-14,16-18H2,1-3H3,(H,31,35)(H,32,36). The number of nitrogens with zero attached hydrogens (tertiary/aromatic N) is 2. The molecular formula is C30H38N4O3. The Bertz CT molecular complexity index is 1220. The van der Waals surface area contributed by atoms with Crippen molar-refractivity contribution in [2.24, 2.45) is 11.3 Å². The van der Waals surface area contributed by atoms with Gasteiger partial charge in [-0.05, 0) is 75.6 Å². The van der Waals surface area contributed by atoms with Crippen molar-refractivity contribution in [1.82, 2.24) is 4.90 Å². The van der Waals surface area contributed by atoms with Gasteiger partial charge < -0.3 is 25.2 Å². The molecule has 0 bridgehead atoms. The molecule has 1 saturated heterocycles. The summed E-state index contributed by atoms with van der Waals surface area (Å²) in [6.45, 7) is 7.00. The average molecular weight is 503 g/mol. The van der Waals surface area contributed by atoms with Crippen molar-refractivity contribution in [2.75, 3.05) is 35.7 Å². The number of carbonyl (C=O) groups excluding carboxylic acids is 2. The first kappa shape index (κ1) is 24.1. The second-order valence-corrected chi connectivity index (χ2v) is 11.7. The van der Waals surface area contributed by atoms with Gasteiger partial charge in [-0.2, -0.15) is 0 Å². The largest absolute Gasteiger partial charge is 0.496 e. The molecule has 2 aromatic rings. The fourth-order valence-corrected chi connectivity index (χ4v) is 6.78. The fourth-order valence-electron chi connectivity index (χ4n) is 6.78. The number of ether oxygens (including phenoxy) is 1. The maximum Gasteiger partial charge on any atom is 0.322 e. The first-order valence-electron chi connectivity index (χ1n) is 13.8. The molecule has 0 aromatic heterocycles. The summed E-state index contributed by atoms with van der Waals surface area (Å²) in [5.41, 5.74) is 6.99. The first-order valence-corrected chi connectivity index (χ1v) is 13.8. The lowest BCUT2D eigenvalue weighted by atomic mass is 9.63. The molecule has 1 spiro atoms. The van der Waals surface area contributed by atoms with E-state index in [1.54, 1.807) is 7.11 Å². The van der Waals surface area contributed by atoms with Gasteiger partial charge in [-0.15, -0.1) is 0 Å². The molecule has 0 unspecified atom stereocenters. The molecule has 2 N–H and O–H groups in total. The van der Waals surface area contributed by atoms with E-state index in [0.29, 0.717) is 12.0 Å². The summed E-state index contributed by atoms with van der Waals surface area (Å²) in [6, 6.07) is 10.3. The zero-order chi connectivity index (χ0) is 25.7. The second-order valence-electron chi connectivity index (χ2n) is 11.7. The molecule has 2 aliphatic carbocycles. The minimum atomic E-state index is -0.0396. The van der Waals surface area contributed by atoms with Crippen LogP contribution in [0.1, 0.15) is 61.6 Å². The van der Waals surface area contributed by atoms with E-state index in [9.17, 15) is 9.59 Å². The summed E-state index contributed by atoms with van der Waals surface area (Å²) in [6.07, 6.45) is 7.29. The van der Waals surface area contributed by atoms with Crippen molar-refractivity contribution < 1.29 is 14.3 Å². The van der Waals surface area contributed by atoms with Gasteiger partial charge in [0.05, 0.1) is 25.0 Å². The van der Waals surface area contributed by atoms with E-state index in [4.69, 9.17) is 4.74 Å². The number of hydrogen-bond acceptors (Lipinski definition) is 4. The van der Waals surface area contributed by atoms with Gasteiger partial charge in [0.2, 0.25) is 5.91 Å². The normalized spacial score (nSPS) is 24.0. The van der Waals surface area contributed by atoms with Crippen molar-refractivity contribution in [3.05, 3.63) is 47.0 Å². The van der Waals surface area contributed by atoms with Crippen molar-refractivity contribution >= 4 is 29.0 Å². The van der Waals surface area contributed by atoms with Crippen LogP contribution in [0.3, 0.4) is 0 Å². The van der Waals surface area contributed by atoms with Gasteiger partial charge in [0, 0.05) is 47.8 Å². The van der Waals surface area contributed by atoms with Crippen LogP contribution in [0.2, 0.25) is 0 Å². The van der Waals surface area contributed by atoms with Crippen LogP contribution in [-0.4, -0.2) is 43.1 Å². The van der Waals surface area contributed by atoms with Crippen LogP contribution in [0.4, 0.5) is 21.9 Å². The van der Waals surface area contributed by atoms with Gasteiger partial charge >= 0.3 is 6.03 Å². The van der Waals surface area contributed by atoms with Gasteiger partial charge in [0.1, 0.15) is 5.75 Å². The number of carbonyl (C=O) groups is 2. The van der Waals surface area contributed by atoms with Gasteiger partial charge in [-0.3, -0.25) is 4.79 Å². The summed E-state index contributed by atoms with van der Waals surface area (Å²) >= 11 is 0. The third-order valence-electron chi connectivity index (χ3n) is 9.34. The quantitative estimate of drug-likeness (QED) is 0.538. The molecule has 0 atom stereocenters. The predicted octanol–water partition coefficient (Wildman–Crippen LogP) is 5.85. The van der Waals surface area contributed by atoms with Crippen molar-refractivity contribution in [2.45, 2.75) is 71.4 Å². The Balaban J connectivity index is 1.09. The Hall–Kier alpha value is -3.22. The van der Waals surface area contributed by atoms with Crippen LogP contribution in [0, 0.1) is 25.2 Å². The highest BCUT2D eigenvalue weighted by molar-refractivity contribution is 5.97. The van der Waals surface area contributed by atoms with Gasteiger partial charge in [-0.1, -0.05) is 18.6 Å². The number of benzene rings is 2. The maximum atomic E-state index is 13.3. The van der Waals surface area contributed by atoms with E-state index in [0.717, 1.165) is 61.5 Å². The Kier molecular flexibility index (Phi) is 6.04. The predicted molar refractivity (Wildman–Crippen MR) is 146 cm³/mol. The summed E-state index contributed by atoms with van der Waals surface area (Å²) in [4.78, 5) is 30.7. The molecule has 7 nitrogen and oxygen atoms in total. The SMILES string of the molecule is COc1cc(NC(=O)C2CCC(N3Cc4c(C)ccc(N5CC6(CCC6)C5)c4NC3=O)CC2)ccc1C. The highest BCUT2D eigenvalue weighted by Crippen LogP contribution is 2.51. The highest BCUT2D eigenvalue weighted by Gasteiger charge is 2.48. The zero-order valence-corrected chi connectivity index (χ0v) is 22.2. The molecule has 3 amide bonds. The van der Waals surface area contributed by atoms with Crippen LogP contribution in [-0.2, 0) is 11.3 Å². The molecule has 196 valence electrons. The third-order valence-corrected chi connectivity index (χ3v) is 9.34. The van der Waals surface area contributed by atoms with Crippen LogP contribution >= 0.6 is 0 Å². The van der Waals surface area contributed by atoms with Crippen LogP contribution < -0.4 is 20.3 Å². The maximum absolute atomic E-state index is 13.3. The number of fused-ring (bicyclic) bond motifs is 1. The lowest BCUT2D eigenvalue weighted by molar-refractivity contribution is -0.121. The third kappa shape index (κ3) is 4.32. The van der Waals surface area contributed by atoms with E-state index in [-0.39, 0.29) is 23.9 Å². The number of aryl methyl sites for hydroxylation is 2. The van der Waals surface area contributed by atoms with Crippen molar-refractivity contribution in [1.29, 1.82) is 0 Å². The van der Waals surface area contributed by atoms with Gasteiger partial charge in [0.15, 0.2) is 0 Å². The number of rotatable bonds is 5. The Labute approximate surface area is 219 Å². The first-order chi connectivity index (χ1) is 17.9. The monoisotopic (exact) mass is 502 g/mol.